The number of hydrogen-bond acceptors (Lipinski definition) is 6. The van der Waals surface area contributed by atoms with Gasteiger partial charge in [0.25, 0.3) is 0 Å². The molecule has 3 aliphatic heterocycles. The van der Waals surface area contributed by atoms with Crippen molar-refractivity contribution in [2.45, 2.75) is 45.2 Å². The van der Waals surface area contributed by atoms with Crippen molar-refractivity contribution < 1.29 is 9.13 Å². The van der Waals surface area contributed by atoms with Gasteiger partial charge in [0.1, 0.15) is 11.4 Å². The largest absolute Gasteiger partial charge is 0.492 e. The van der Waals surface area contributed by atoms with Crippen LogP contribution in [0.3, 0.4) is 0 Å². The number of aliphatic imine (C=N–C) groups is 1. The minimum Gasteiger partial charge on any atom is -0.492 e. The summed E-state index contributed by atoms with van der Waals surface area (Å²) >= 11 is 0. The van der Waals surface area contributed by atoms with Crippen LogP contribution < -0.4 is 26.4 Å². The average molecular weight is 385 g/mol. The van der Waals surface area contributed by atoms with Crippen LogP contribution in [0.15, 0.2) is 28.9 Å². The van der Waals surface area contributed by atoms with Crippen molar-refractivity contribution in [3.63, 3.8) is 0 Å². The molecule has 0 amide bonds. The second kappa shape index (κ2) is 7.22. The molecule has 0 saturated carbocycles. The van der Waals surface area contributed by atoms with Gasteiger partial charge in [0.2, 0.25) is 5.96 Å². The molecule has 1 aromatic carbocycles. The Morgan fingerprint density at radius 1 is 1.43 bits per heavy atom. The summed E-state index contributed by atoms with van der Waals surface area (Å²) in [7, 11) is 0. The lowest BCUT2D eigenvalue weighted by molar-refractivity contribution is 0.335. The van der Waals surface area contributed by atoms with Crippen LogP contribution in [-0.2, 0) is 0 Å². The number of guanidine groups is 1. The first-order valence-electron chi connectivity index (χ1n) is 9.85. The molecule has 4 rings (SSSR count). The van der Waals surface area contributed by atoms with Crippen LogP contribution in [0.2, 0.25) is 0 Å². The summed E-state index contributed by atoms with van der Waals surface area (Å²) in [6.07, 6.45) is 5.69. The third kappa shape index (κ3) is 3.64. The van der Waals surface area contributed by atoms with E-state index in [1.165, 1.54) is 0 Å². The molecule has 0 aliphatic carbocycles. The molecule has 0 bridgehead atoms. The molecule has 7 heteroatoms. The van der Waals surface area contributed by atoms with Gasteiger partial charge in [0.15, 0.2) is 5.82 Å². The van der Waals surface area contributed by atoms with E-state index in [2.05, 4.69) is 33.9 Å². The molecule has 3 heterocycles. The molecule has 3 aliphatic rings. The van der Waals surface area contributed by atoms with Crippen LogP contribution in [0.5, 0.6) is 5.75 Å². The predicted molar refractivity (Wildman–Crippen MR) is 111 cm³/mol. The molecular weight excluding hydrogens is 357 g/mol. The number of nitrogens with zero attached hydrogens (tertiary/aromatic N) is 1. The summed E-state index contributed by atoms with van der Waals surface area (Å²) in [6, 6.07) is 1.84. The lowest BCUT2D eigenvalue weighted by Gasteiger charge is -2.29. The van der Waals surface area contributed by atoms with Gasteiger partial charge in [-0.25, -0.2) is 9.38 Å². The molecule has 6 nitrogen and oxygen atoms in total. The first-order valence-corrected chi connectivity index (χ1v) is 9.85. The summed E-state index contributed by atoms with van der Waals surface area (Å²) < 4.78 is 21.6. The maximum Gasteiger partial charge on any atom is 0.202 e. The number of ether oxygens (including phenoxy) is 1. The Morgan fingerprint density at radius 2 is 2.25 bits per heavy atom. The highest BCUT2D eigenvalue weighted by Crippen LogP contribution is 2.45. The third-order valence-electron chi connectivity index (χ3n) is 5.30. The summed E-state index contributed by atoms with van der Waals surface area (Å²) in [5, 5.41) is 9.56. The molecular formula is C21H28FN5O. The second-order valence-corrected chi connectivity index (χ2v) is 8.06. The molecule has 28 heavy (non-hydrogen) atoms. The van der Waals surface area contributed by atoms with Crippen molar-refractivity contribution in [3.8, 4) is 5.75 Å². The highest BCUT2D eigenvalue weighted by Gasteiger charge is 2.30. The van der Waals surface area contributed by atoms with Crippen molar-refractivity contribution in [2.75, 3.05) is 25.0 Å². The number of benzene rings is 1. The molecule has 0 radical (unpaired) electrons. The van der Waals surface area contributed by atoms with Crippen LogP contribution in [0.25, 0.3) is 5.57 Å². The number of anilines is 1. The molecule has 150 valence electrons. The van der Waals surface area contributed by atoms with Gasteiger partial charge in [-0.1, -0.05) is 13.0 Å². The predicted octanol–water partition coefficient (Wildman–Crippen LogP) is 3.04. The van der Waals surface area contributed by atoms with Crippen LogP contribution >= 0.6 is 0 Å². The van der Waals surface area contributed by atoms with Crippen LogP contribution in [0, 0.1) is 5.82 Å². The normalized spacial score (nSPS) is 26.9. The number of halogens is 1. The van der Waals surface area contributed by atoms with E-state index in [-0.39, 0.29) is 11.7 Å². The molecule has 1 aromatic rings. The molecule has 0 fully saturated rings. The number of fused-ring (bicyclic) bond motifs is 1. The van der Waals surface area contributed by atoms with Crippen molar-refractivity contribution in [1.82, 2.24) is 10.6 Å². The van der Waals surface area contributed by atoms with E-state index >= 15 is 4.39 Å². The first-order chi connectivity index (χ1) is 13.3. The van der Waals surface area contributed by atoms with Crippen molar-refractivity contribution in [1.29, 1.82) is 0 Å². The average Bonchev–Trinajstić information content (AvgIpc) is 2.82. The lowest BCUT2D eigenvalue weighted by atomic mass is 9.93. The Hall–Kier alpha value is -2.38. The van der Waals surface area contributed by atoms with Crippen LogP contribution in [0.1, 0.15) is 50.7 Å². The zero-order valence-corrected chi connectivity index (χ0v) is 16.7. The van der Waals surface area contributed by atoms with Gasteiger partial charge >= 0.3 is 0 Å². The van der Waals surface area contributed by atoms with Gasteiger partial charge in [0, 0.05) is 23.7 Å². The van der Waals surface area contributed by atoms with Crippen LogP contribution in [0.4, 0.5) is 10.1 Å². The quantitative estimate of drug-likeness (QED) is 0.629. The van der Waals surface area contributed by atoms with E-state index in [1.54, 1.807) is 0 Å². The molecule has 0 aromatic heterocycles. The van der Waals surface area contributed by atoms with Crippen molar-refractivity contribution in [3.05, 3.63) is 40.9 Å². The minimum atomic E-state index is -0.740. The summed E-state index contributed by atoms with van der Waals surface area (Å²) in [6.45, 7) is 8.05. The maximum absolute atomic E-state index is 15.7. The Labute approximate surface area is 165 Å². The Balaban J connectivity index is 1.77. The van der Waals surface area contributed by atoms with Crippen molar-refractivity contribution >= 4 is 17.2 Å². The van der Waals surface area contributed by atoms with E-state index in [1.807, 2.05) is 26.0 Å². The second-order valence-electron chi connectivity index (χ2n) is 8.06. The van der Waals surface area contributed by atoms with Gasteiger partial charge < -0.3 is 26.4 Å². The lowest BCUT2D eigenvalue weighted by Crippen LogP contribution is -2.55. The Morgan fingerprint density at radius 3 is 3.04 bits per heavy atom. The fraction of sp³-hybridized carbons (Fsp3) is 0.476. The van der Waals surface area contributed by atoms with E-state index in [4.69, 9.17) is 10.5 Å². The molecule has 2 atom stereocenters. The SMILES string of the molecule is CC1=CC(C)(N)NC(Nc2cc3c(c(C4=CCNCCC4)c2F)OC[C@@H]3C)=N1. The summed E-state index contributed by atoms with van der Waals surface area (Å²) in [5.41, 5.74) is 9.21. The molecule has 0 spiro atoms. The third-order valence-corrected chi connectivity index (χ3v) is 5.30. The van der Waals surface area contributed by atoms with E-state index < -0.39 is 5.66 Å². The Kier molecular flexibility index (Phi) is 4.89. The zero-order valence-electron chi connectivity index (χ0n) is 16.7. The molecule has 1 unspecified atom stereocenters. The highest BCUT2D eigenvalue weighted by atomic mass is 19.1. The van der Waals surface area contributed by atoms with Gasteiger partial charge in [-0.2, -0.15) is 0 Å². The van der Waals surface area contributed by atoms with E-state index in [0.717, 1.165) is 42.8 Å². The Bertz CT molecular complexity index is 887. The molecule has 0 saturated heterocycles. The highest BCUT2D eigenvalue weighted by molar-refractivity contribution is 5.96. The number of nitrogens with one attached hydrogen (secondary N) is 3. The number of allylic oxidation sites excluding steroid dienone is 2. The fourth-order valence-electron chi connectivity index (χ4n) is 4.04. The van der Waals surface area contributed by atoms with Crippen molar-refractivity contribution in [2.24, 2.45) is 10.7 Å². The van der Waals surface area contributed by atoms with Gasteiger partial charge in [0.05, 0.1) is 17.9 Å². The summed E-state index contributed by atoms with van der Waals surface area (Å²) in [5.74, 6) is 1.03. The van der Waals surface area contributed by atoms with Gasteiger partial charge in [-0.15, -0.1) is 0 Å². The maximum atomic E-state index is 15.7. The fourth-order valence-corrected chi connectivity index (χ4v) is 4.04. The number of nitrogens with two attached hydrogens (primary N) is 1. The zero-order chi connectivity index (χ0) is 19.9. The monoisotopic (exact) mass is 385 g/mol. The minimum absolute atomic E-state index is 0.210. The summed E-state index contributed by atoms with van der Waals surface area (Å²) in [4.78, 5) is 4.44. The molecule has 5 N–H and O–H groups in total. The smallest absolute Gasteiger partial charge is 0.202 e. The van der Waals surface area contributed by atoms with Crippen LogP contribution in [-0.4, -0.2) is 31.3 Å². The topological polar surface area (TPSA) is 83.7 Å². The van der Waals surface area contributed by atoms with Gasteiger partial charge in [-0.3, -0.25) is 0 Å². The van der Waals surface area contributed by atoms with E-state index in [0.29, 0.717) is 29.6 Å². The van der Waals surface area contributed by atoms with Gasteiger partial charge in [-0.05, 0) is 50.9 Å². The first kappa shape index (κ1) is 19.0. The van der Waals surface area contributed by atoms with E-state index in [9.17, 15) is 0 Å². The standard InChI is InChI=1S/C21H28FN5O/c1-12-11-28-19-15(12)9-16(26-20-25-13(2)10-21(3,23)27-20)18(22)17(19)14-5-4-7-24-8-6-14/h6,9-10,12,24H,4-5,7-8,11,23H2,1-3H3,(H2,25,26,27)/t12-,21?/m0/s1. The number of rotatable bonds is 2. The number of hydrogen-bond donors (Lipinski definition) is 4.